The summed E-state index contributed by atoms with van der Waals surface area (Å²) in [5, 5.41) is 2.11. The van der Waals surface area contributed by atoms with Crippen molar-refractivity contribution in [3.8, 4) is 5.75 Å². The van der Waals surface area contributed by atoms with Crippen LogP contribution in [0.1, 0.15) is 6.42 Å². The Balaban J connectivity index is 1.77. The van der Waals surface area contributed by atoms with Crippen LogP contribution in [0.3, 0.4) is 0 Å². The second-order valence-electron chi connectivity index (χ2n) is 4.59. The van der Waals surface area contributed by atoms with Crippen molar-refractivity contribution in [3.05, 3.63) is 42.5 Å². The summed E-state index contributed by atoms with van der Waals surface area (Å²) in [5.41, 5.74) is 0. The molecule has 0 saturated carbocycles. The van der Waals surface area contributed by atoms with Gasteiger partial charge in [0.1, 0.15) is 5.75 Å². The lowest BCUT2D eigenvalue weighted by Crippen LogP contribution is -2.31. The first-order valence-corrected chi connectivity index (χ1v) is 6.20. The molecule has 0 unspecified atom stereocenters. The van der Waals surface area contributed by atoms with Gasteiger partial charge in [-0.2, -0.15) is 0 Å². The number of Topliss-reactive ketones (excluding diaryl/α,β-unsaturated/α-hetero) is 1. The van der Waals surface area contributed by atoms with Gasteiger partial charge in [-0.05, 0) is 22.9 Å². The molecule has 2 aromatic carbocycles. The quantitative estimate of drug-likeness (QED) is 0.787. The van der Waals surface area contributed by atoms with Gasteiger partial charge in [-0.3, -0.25) is 4.79 Å². The number of ketones is 1. The van der Waals surface area contributed by atoms with Crippen LogP contribution in [0.15, 0.2) is 42.5 Å². The predicted molar refractivity (Wildman–Crippen MR) is 71.2 cm³/mol. The molecule has 4 nitrogen and oxygen atoms in total. The van der Waals surface area contributed by atoms with Crippen LogP contribution >= 0.6 is 0 Å². The summed E-state index contributed by atoms with van der Waals surface area (Å²) in [5.74, 6) is 0.582. The van der Waals surface area contributed by atoms with Gasteiger partial charge in [-0.15, -0.1) is 0 Å². The van der Waals surface area contributed by atoms with E-state index in [-0.39, 0.29) is 12.3 Å². The van der Waals surface area contributed by atoms with E-state index in [1.165, 1.54) is 4.90 Å². The summed E-state index contributed by atoms with van der Waals surface area (Å²) in [7, 11) is 0. The Hall–Kier alpha value is -2.36. The van der Waals surface area contributed by atoms with Crippen LogP contribution in [-0.2, 0) is 4.79 Å². The molecule has 0 aromatic heterocycles. The van der Waals surface area contributed by atoms with Crippen LogP contribution in [0.4, 0.5) is 4.79 Å². The van der Waals surface area contributed by atoms with Gasteiger partial charge >= 0.3 is 6.09 Å². The van der Waals surface area contributed by atoms with Gasteiger partial charge in [0.2, 0.25) is 0 Å². The maximum Gasteiger partial charge on any atom is 0.415 e. The molecule has 1 amide bonds. The van der Waals surface area contributed by atoms with E-state index in [0.29, 0.717) is 18.7 Å². The van der Waals surface area contributed by atoms with E-state index in [4.69, 9.17) is 4.74 Å². The summed E-state index contributed by atoms with van der Waals surface area (Å²) >= 11 is 0. The first-order chi connectivity index (χ1) is 9.22. The number of ether oxygens (including phenoxy) is 1. The minimum Gasteiger partial charge on any atom is -0.410 e. The summed E-state index contributed by atoms with van der Waals surface area (Å²) in [4.78, 5) is 24.4. The molecule has 19 heavy (non-hydrogen) atoms. The number of carbonyl (C=O) groups excluding carboxylic acids is 2. The number of hydrogen-bond acceptors (Lipinski definition) is 3. The molecule has 0 N–H and O–H groups in total. The zero-order valence-corrected chi connectivity index (χ0v) is 10.3. The Morgan fingerprint density at radius 1 is 1.11 bits per heavy atom. The van der Waals surface area contributed by atoms with Gasteiger partial charge in [0.15, 0.2) is 5.78 Å². The summed E-state index contributed by atoms with van der Waals surface area (Å²) < 4.78 is 5.29. The van der Waals surface area contributed by atoms with Crippen LogP contribution in [0.5, 0.6) is 5.75 Å². The molecule has 0 atom stereocenters. The standard InChI is InChI=1S/C15H13NO3/c17-13-7-8-16(10-13)15(18)19-14-6-5-11-3-1-2-4-12(11)9-14/h1-6,9H,7-8,10H2. The van der Waals surface area contributed by atoms with Crippen LogP contribution in [0, 0.1) is 0 Å². The first-order valence-electron chi connectivity index (χ1n) is 6.20. The van der Waals surface area contributed by atoms with Crippen molar-refractivity contribution in [1.29, 1.82) is 0 Å². The Morgan fingerprint density at radius 3 is 2.63 bits per heavy atom. The van der Waals surface area contributed by atoms with Gasteiger partial charge in [0.25, 0.3) is 0 Å². The zero-order chi connectivity index (χ0) is 13.2. The fraction of sp³-hybridized carbons (Fsp3) is 0.200. The minimum absolute atomic E-state index is 0.0791. The Kier molecular flexibility index (Phi) is 2.91. The third kappa shape index (κ3) is 2.42. The number of amides is 1. The third-order valence-electron chi connectivity index (χ3n) is 3.21. The monoisotopic (exact) mass is 255 g/mol. The van der Waals surface area contributed by atoms with Gasteiger partial charge in [0.05, 0.1) is 6.54 Å². The molecule has 2 aromatic rings. The normalized spacial score (nSPS) is 14.9. The van der Waals surface area contributed by atoms with Gasteiger partial charge in [-0.1, -0.05) is 30.3 Å². The molecule has 3 rings (SSSR count). The van der Waals surface area contributed by atoms with E-state index in [1.54, 1.807) is 6.07 Å². The molecule has 1 heterocycles. The maximum atomic E-state index is 11.8. The van der Waals surface area contributed by atoms with E-state index < -0.39 is 6.09 Å². The summed E-state index contributed by atoms with van der Waals surface area (Å²) in [6, 6.07) is 13.4. The van der Waals surface area contributed by atoms with Gasteiger partial charge in [-0.25, -0.2) is 4.79 Å². The fourth-order valence-electron chi connectivity index (χ4n) is 2.18. The van der Waals surface area contributed by atoms with Crippen molar-refractivity contribution in [3.63, 3.8) is 0 Å². The molecular formula is C15H13NO3. The van der Waals surface area contributed by atoms with Gasteiger partial charge < -0.3 is 9.64 Å². The highest BCUT2D eigenvalue weighted by Gasteiger charge is 2.25. The lowest BCUT2D eigenvalue weighted by atomic mass is 10.1. The number of rotatable bonds is 1. The molecule has 0 aliphatic carbocycles. The zero-order valence-electron chi connectivity index (χ0n) is 10.3. The van der Waals surface area contributed by atoms with E-state index >= 15 is 0 Å². The number of fused-ring (bicyclic) bond motifs is 1. The second kappa shape index (κ2) is 4.72. The third-order valence-corrected chi connectivity index (χ3v) is 3.21. The molecule has 0 spiro atoms. The van der Waals surface area contributed by atoms with Crippen molar-refractivity contribution >= 4 is 22.6 Å². The van der Waals surface area contributed by atoms with E-state index in [1.807, 2.05) is 36.4 Å². The highest BCUT2D eigenvalue weighted by atomic mass is 16.6. The Labute approximate surface area is 110 Å². The Bertz CT molecular complexity index is 651. The van der Waals surface area contributed by atoms with Crippen LogP contribution in [0.2, 0.25) is 0 Å². The molecule has 1 aliphatic heterocycles. The van der Waals surface area contributed by atoms with Crippen LogP contribution < -0.4 is 4.74 Å². The fourth-order valence-corrected chi connectivity index (χ4v) is 2.18. The largest absolute Gasteiger partial charge is 0.415 e. The van der Waals surface area contributed by atoms with Crippen molar-refractivity contribution in [1.82, 2.24) is 4.90 Å². The number of nitrogens with zero attached hydrogens (tertiary/aromatic N) is 1. The molecule has 1 saturated heterocycles. The van der Waals surface area contributed by atoms with Gasteiger partial charge in [0, 0.05) is 13.0 Å². The number of likely N-dealkylation sites (tertiary alicyclic amines) is 1. The molecule has 1 aliphatic rings. The number of carbonyl (C=O) groups is 2. The highest BCUT2D eigenvalue weighted by Crippen LogP contribution is 2.21. The van der Waals surface area contributed by atoms with Crippen LogP contribution in [0.25, 0.3) is 10.8 Å². The Morgan fingerprint density at radius 2 is 1.89 bits per heavy atom. The topological polar surface area (TPSA) is 46.6 Å². The maximum absolute atomic E-state index is 11.8. The highest BCUT2D eigenvalue weighted by molar-refractivity contribution is 5.88. The molecular weight excluding hydrogens is 242 g/mol. The lowest BCUT2D eigenvalue weighted by Gasteiger charge is -2.14. The molecule has 1 fully saturated rings. The van der Waals surface area contributed by atoms with Crippen molar-refractivity contribution in [2.24, 2.45) is 0 Å². The van der Waals surface area contributed by atoms with Crippen molar-refractivity contribution in [2.45, 2.75) is 6.42 Å². The lowest BCUT2D eigenvalue weighted by molar-refractivity contribution is -0.116. The number of benzene rings is 2. The van der Waals surface area contributed by atoms with Crippen molar-refractivity contribution < 1.29 is 14.3 Å². The average Bonchev–Trinajstić information content (AvgIpc) is 2.85. The second-order valence-corrected chi connectivity index (χ2v) is 4.59. The molecule has 0 bridgehead atoms. The SMILES string of the molecule is O=C1CCN(C(=O)Oc2ccc3ccccc3c2)C1. The molecule has 4 heteroatoms. The van der Waals surface area contributed by atoms with Crippen molar-refractivity contribution in [2.75, 3.05) is 13.1 Å². The van der Waals surface area contributed by atoms with E-state index in [0.717, 1.165) is 10.8 Å². The number of hydrogen-bond donors (Lipinski definition) is 0. The summed E-state index contributed by atoms with van der Waals surface area (Å²) in [6.45, 7) is 0.609. The smallest absolute Gasteiger partial charge is 0.410 e. The molecule has 0 radical (unpaired) electrons. The predicted octanol–water partition coefficient (Wildman–Crippen LogP) is 2.61. The first kappa shape index (κ1) is 11.7. The average molecular weight is 255 g/mol. The van der Waals surface area contributed by atoms with E-state index in [2.05, 4.69) is 0 Å². The summed E-state index contributed by atoms with van der Waals surface area (Å²) in [6.07, 6.45) is -0.0339. The van der Waals surface area contributed by atoms with E-state index in [9.17, 15) is 9.59 Å². The van der Waals surface area contributed by atoms with Crippen LogP contribution in [-0.4, -0.2) is 29.9 Å². The molecule has 96 valence electrons. The minimum atomic E-state index is -0.457.